The zero-order chi connectivity index (χ0) is 15.1. The fraction of sp³-hybridized carbons (Fsp3) is 0.615. The summed E-state index contributed by atoms with van der Waals surface area (Å²) in [7, 11) is -3.59. The van der Waals surface area contributed by atoms with Gasteiger partial charge in [-0.25, -0.2) is 8.42 Å². The molecule has 2 atom stereocenters. The van der Waals surface area contributed by atoms with E-state index in [0.29, 0.717) is 23.6 Å². The van der Waals surface area contributed by atoms with Crippen LogP contribution in [0.15, 0.2) is 10.3 Å². The standard InChI is InChI=1S/C13H19NO4S2/c1-8-7-12(19-10(8)3)20(17,18)14-6-4-5-11(9(14)2)13(15)16/h7,9,11H,4-6H2,1-3H3,(H,15,16)/t9-,11-/m1/s1. The highest BCUT2D eigenvalue weighted by Gasteiger charge is 2.40. The van der Waals surface area contributed by atoms with Crippen LogP contribution in [-0.2, 0) is 14.8 Å². The van der Waals surface area contributed by atoms with E-state index in [0.717, 1.165) is 10.4 Å². The predicted molar refractivity (Wildman–Crippen MR) is 77.5 cm³/mol. The molecule has 1 aliphatic rings. The Morgan fingerprint density at radius 2 is 2.10 bits per heavy atom. The minimum atomic E-state index is -3.59. The number of aliphatic carboxylic acids is 1. The molecule has 0 amide bonds. The molecule has 0 bridgehead atoms. The summed E-state index contributed by atoms with van der Waals surface area (Å²) < 4.78 is 27.0. The summed E-state index contributed by atoms with van der Waals surface area (Å²) in [5.74, 6) is -1.54. The number of carboxylic acids is 1. The van der Waals surface area contributed by atoms with Crippen molar-refractivity contribution in [2.45, 2.75) is 43.9 Å². The van der Waals surface area contributed by atoms with Crippen molar-refractivity contribution in [3.8, 4) is 0 Å². The molecule has 1 aromatic heterocycles. The van der Waals surface area contributed by atoms with E-state index in [1.165, 1.54) is 15.6 Å². The number of carbonyl (C=O) groups is 1. The van der Waals surface area contributed by atoms with Gasteiger partial charge in [-0.2, -0.15) is 4.31 Å². The molecule has 1 N–H and O–H groups in total. The Hall–Kier alpha value is -0.920. The predicted octanol–water partition coefficient (Wildman–Crippen LogP) is 2.24. The van der Waals surface area contributed by atoms with Crippen molar-refractivity contribution in [1.29, 1.82) is 0 Å². The summed E-state index contributed by atoms with van der Waals surface area (Å²) in [6.45, 7) is 5.84. The van der Waals surface area contributed by atoms with Gasteiger partial charge in [0.25, 0.3) is 10.0 Å². The van der Waals surface area contributed by atoms with Gasteiger partial charge in [-0.05, 0) is 45.2 Å². The maximum Gasteiger partial charge on any atom is 0.308 e. The highest BCUT2D eigenvalue weighted by atomic mass is 32.2. The fourth-order valence-corrected chi connectivity index (χ4v) is 5.92. The van der Waals surface area contributed by atoms with Crippen LogP contribution >= 0.6 is 11.3 Å². The molecule has 112 valence electrons. The van der Waals surface area contributed by atoms with E-state index in [1.807, 2.05) is 13.8 Å². The number of nitrogens with zero attached hydrogens (tertiary/aromatic N) is 1. The van der Waals surface area contributed by atoms with Crippen molar-refractivity contribution in [1.82, 2.24) is 4.31 Å². The largest absolute Gasteiger partial charge is 0.481 e. The lowest BCUT2D eigenvalue weighted by atomic mass is 9.92. The molecule has 1 aliphatic heterocycles. The zero-order valence-electron chi connectivity index (χ0n) is 11.8. The normalized spacial score (nSPS) is 24.8. The van der Waals surface area contributed by atoms with Gasteiger partial charge in [-0.3, -0.25) is 4.79 Å². The Labute approximate surface area is 123 Å². The third-order valence-electron chi connectivity index (χ3n) is 3.95. The Bertz CT molecular complexity index is 601. The first-order chi connectivity index (χ1) is 9.25. The van der Waals surface area contributed by atoms with Crippen LogP contribution in [0.5, 0.6) is 0 Å². The molecule has 1 aromatic rings. The summed E-state index contributed by atoms with van der Waals surface area (Å²) in [5.41, 5.74) is 0.952. The zero-order valence-corrected chi connectivity index (χ0v) is 13.4. The van der Waals surface area contributed by atoms with Crippen molar-refractivity contribution in [3.05, 3.63) is 16.5 Å². The number of aryl methyl sites for hydroxylation is 2. The third-order valence-corrected chi connectivity index (χ3v) is 7.54. The minimum Gasteiger partial charge on any atom is -0.481 e. The second kappa shape index (κ2) is 5.46. The van der Waals surface area contributed by atoms with E-state index in [-0.39, 0.29) is 0 Å². The second-order valence-corrected chi connectivity index (χ2v) is 8.62. The molecule has 2 heterocycles. The Balaban J connectivity index is 2.36. The lowest BCUT2D eigenvalue weighted by Gasteiger charge is -2.35. The number of hydrogen-bond acceptors (Lipinski definition) is 4. The number of piperidine rings is 1. The summed E-state index contributed by atoms with van der Waals surface area (Å²) >= 11 is 1.25. The SMILES string of the molecule is Cc1cc(S(=O)(=O)N2CCC[C@@H](C(=O)O)[C@H]2C)sc1C. The van der Waals surface area contributed by atoms with E-state index in [9.17, 15) is 18.3 Å². The van der Waals surface area contributed by atoms with Crippen LogP contribution in [0.2, 0.25) is 0 Å². The van der Waals surface area contributed by atoms with Gasteiger partial charge < -0.3 is 5.11 Å². The molecule has 0 saturated carbocycles. The van der Waals surface area contributed by atoms with Crippen LogP contribution in [0.4, 0.5) is 0 Å². The van der Waals surface area contributed by atoms with Crippen LogP contribution in [0, 0.1) is 19.8 Å². The molecule has 0 aliphatic carbocycles. The van der Waals surface area contributed by atoms with Gasteiger partial charge in [0.1, 0.15) is 4.21 Å². The van der Waals surface area contributed by atoms with Crippen LogP contribution in [-0.4, -0.2) is 36.4 Å². The van der Waals surface area contributed by atoms with Crippen molar-refractivity contribution in [2.75, 3.05) is 6.54 Å². The van der Waals surface area contributed by atoms with Crippen LogP contribution in [0.3, 0.4) is 0 Å². The van der Waals surface area contributed by atoms with Crippen LogP contribution in [0.25, 0.3) is 0 Å². The number of sulfonamides is 1. The van der Waals surface area contributed by atoms with Gasteiger partial charge in [0.15, 0.2) is 0 Å². The molecule has 5 nitrogen and oxygen atoms in total. The molecular weight excluding hydrogens is 298 g/mol. The molecule has 20 heavy (non-hydrogen) atoms. The highest BCUT2D eigenvalue weighted by molar-refractivity contribution is 7.91. The summed E-state index contributed by atoms with van der Waals surface area (Å²) in [4.78, 5) is 12.2. The Morgan fingerprint density at radius 1 is 1.45 bits per heavy atom. The minimum absolute atomic E-state index is 0.311. The van der Waals surface area contributed by atoms with Gasteiger partial charge in [-0.15, -0.1) is 11.3 Å². The van der Waals surface area contributed by atoms with E-state index in [1.54, 1.807) is 13.0 Å². The van der Waals surface area contributed by atoms with Crippen molar-refractivity contribution in [3.63, 3.8) is 0 Å². The van der Waals surface area contributed by atoms with Gasteiger partial charge >= 0.3 is 5.97 Å². The third kappa shape index (κ3) is 2.62. The number of thiophene rings is 1. The first-order valence-corrected chi connectivity index (χ1v) is 8.82. The molecule has 7 heteroatoms. The van der Waals surface area contributed by atoms with Gasteiger partial charge in [-0.1, -0.05) is 0 Å². The topological polar surface area (TPSA) is 74.7 Å². The molecular formula is C13H19NO4S2. The van der Waals surface area contributed by atoms with Crippen molar-refractivity contribution < 1.29 is 18.3 Å². The molecule has 0 spiro atoms. The lowest BCUT2D eigenvalue weighted by Crippen LogP contribution is -2.48. The molecule has 0 radical (unpaired) electrons. The average molecular weight is 317 g/mol. The Kier molecular flexibility index (Phi) is 4.22. The molecule has 0 unspecified atom stereocenters. The summed E-state index contributed by atoms with van der Waals surface area (Å²) in [6.07, 6.45) is 1.12. The first kappa shape index (κ1) is 15.5. The van der Waals surface area contributed by atoms with Crippen molar-refractivity contribution in [2.24, 2.45) is 5.92 Å². The van der Waals surface area contributed by atoms with Gasteiger partial charge in [0, 0.05) is 17.5 Å². The number of hydrogen-bond donors (Lipinski definition) is 1. The number of rotatable bonds is 3. The maximum atomic E-state index is 12.7. The summed E-state index contributed by atoms with van der Waals surface area (Å²) in [6, 6.07) is 1.17. The van der Waals surface area contributed by atoms with E-state index in [4.69, 9.17) is 0 Å². The van der Waals surface area contributed by atoms with Gasteiger partial charge in [0.2, 0.25) is 0 Å². The first-order valence-electron chi connectivity index (χ1n) is 6.57. The molecule has 2 rings (SSSR count). The molecule has 1 fully saturated rings. The quantitative estimate of drug-likeness (QED) is 0.927. The monoisotopic (exact) mass is 317 g/mol. The van der Waals surface area contributed by atoms with Gasteiger partial charge in [0.05, 0.1) is 5.92 Å². The van der Waals surface area contributed by atoms with Crippen molar-refractivity contribution >= 4 is 27.3 Å². The average Bonchev–Trinajstić information content (AvgIpc) is 2.70. The van der Waals surface area contributed by atoms with E-state index < -0.39 is 28.0 Å². The summed E-state index contributed by atoms with van der Waals surface area (Å²) in [5, 5.41) is 9.19. The smallest absolute Gasteiger partial charge is 0.308 e. The van der Waals surface area contributed by atoms with E-state index in [2.05, 4.69) is 0 Å². The van der Waals surface area contributed by atoms with Crippen LogP contribution in [0.1, 0.15) is 30.2 Å². The lowest BCUT2D eigenvalue weighted by molar-refractivity contribution is -0.144. The molecule has 0 aromatic carbocycles. The molecule has 1 saturated heterocycles. The van der Waals surface area contributed by atoms with Crippen LogP contribution < -0.4 is 0 Å². The van der Waals surface area contributed by atoms with E-state index >= 15 is 0 Å². The second-order valence-electron chi connectivity index (χ2n) is 5.25. The highest BCUT2D eigenvalue weighted by Crippen LogP contribution is 2.33. The maximum absolute atomic E-state index is 12.7. The Morgan fingerprint density at radius 3 is 2.60 bits per heavy atom. The fourth-order valence-electron chi connectivity index (χ4n) is 2.56. The number of carboxylic acid groups (broad SMARTS) is 1.